The number of aryl methyl sites for hydroxylation is 3. The number of hydrogen-bond acceptors (Lipinski definition) is 3. The maximum absolute atomic E-state index is 13.5. The van der Waals surface area contributed by atoms with Gasteiger partial charge in [-0.15, -0.1) is 0 Å². The second-order valence-electron chi connectivity index (χ2n) is 7.42. The maximum Gasteiger partial charge on any atom is 0.282 e. The standard InChI is InChI=1S/C25H21ClN2O2/c1-15-9-10-18(13-16(15)2)22-23(27-20-7-5-4-6-8-20)25(30)28(24(22)29)21-12-11-19(26)14-17(21)3/h4-14,27H,1-3H3. The lowest BCUT2D eigenvalue weighted by atomic mass is 9.99. The highest BCUT2D eigenvalue weighted by Crippen LogP contribution is 2.36. The lowest BCUT2D eigenvalue weighted by Gasteiger charge is -2.18. The zero-order valence-corrected chi connectivity index (χ0v) is 17.7. The Balaban J connectivity index is 1.86. The minimum atomic E-state index is -0.387. The summed E-state index contributed by atoms with van der Waals surface area (Å²) in [6, 6.07) is 20.3. The number of para-hydroxylation sites is 1. The third kappa shape index (κ3) is 3.51. The smallest absolute Gasteiger partial charge is 0.282 e. The summed E-state index contributed by atoms with van der Waals surface area (Å²) >= 11 is 6.08. The fraction of sp³-hybridized carbons (Fsp3) is 0.120. The monoisotopic (exact) mass is 416 g/mol. The number of nitrogens with zero attached hydrogens (tertiary/aromatic N) is 1. The van der Waals surface area contributed by atoms with Crippen LogP contribution in [0.25, 0.3) is 5.57 Å². The Hall–Kier alpha value is -3.37. The Morgan fingerprint density at radius 3 is 2.17 bits per heavy atom. The van der Waals surface area contributed by atoms with Gasteiger partial charge >= 0.3 is 0 Å². The minimum Gasteiger partial charge on any atom is -0.350 e. The van der Waals surface area contributed by atoms with Crippen molar-refractivity contribution in [1.29, 1.82) is 0 Å². The van der Waals surface area contributed by atoms with Gasteiger partial charge in [-0.05, 0) is 73.4 Å². The molecule has 0 radical (unpaired) electrons. The highest BCUT2D eigenvalue weighted by molar-refractivity contribution is 6.46. The van der Waals surface area contributed by atoms with Gasteiger partial charge in [-0.1, -0.05) is 48.0 Å². The van der Waals surface area contributed by atoms with Gasteiger partial charge in [-0.25, -0.2) is 4.90 Å². The molecule has 0 aliphatic carbocycles. The molecule has 5 heteroatoms. The average Bonchev–Trinajstić information content (AvgIpc) is 2.95. The summed E-state index contributed by atoms with van der Waals surface area (Å²) in [7, 11) is 0. The summed E-state index contributed by atoms with van der Waals surface area (Å²) in [4.78, 5) is 28.2. The number of halogens is 1. The highest BCUT2D eigenvalue weighted by Gasteiger charge is 2.40. The normalized spacial score (nSPS) is 13.9. The molecular formula is C25H21ClN2O2. The van der Waals surface area contributed by atoms with Crippen LogP contribution in [-0.4, -0.2) is 11.8 Å². The second-order valence-corrected chi connectivity index (χ2v) is 7.85. The molecule has 0 aromatic heterocycles. The van der Waals surface area contributed by atoms with Crippen LogP contribution in [0.3, 0.4) is 0 Å². The van der Waals surface area contributed by atoms with Crippen molar-refractivity contribution in [2.75, 3.05) is 10.2 Å². The van der Waals surface area contributed by atoms with Gasteiger partial charge in [0.1, 0.15) is 5.70 Å². The number of anilines is 2. The van der Waals surface area contributed by atoms with Gasteiger partial charge in [-0.2, -0.15) is 0 Å². The predicted molar refractivity (Wildman–Crippen MR) is 122 cm³/mol. The van der Waals surface area contributed by atoms with Gasteiger partial charge in [0.05, 0.1) is 11.3 Å². The number of benzene rings is 3. The van der Waals surface area contributed by atoms with E-state index in [0.29, 0.717) is 21.8 Å². The Labute approximate surface area is 180 Å². The molecular weight excluding hydrogens is 396 g/mol. The van der Waals surface area contributed by atoms with Crippen LogP contribution < -0.4 is 10.2 Å². The van der Waals surface area contributed by atoms with Gasteiger partial charge in [0.15, 0.2) is 0 Å². The first-order chi connectivity index (χ1) is 14.4. The molecule has 0 saturated heterocycles. The van der Waals surface area contributed by atoms with Gasteiger partial charge in [0, 0.05) is 10.7 Å². The first-order valence-corrected chi connectivity index (χ1v) is 10.0. The van der Waals surface area contributed by atoms with E-state index in [1.165, 1.54) is 4.90 Å². The fourth-order valence-corrected chi connectivity index (χ4v) is 3.79. The fourth-order valence-electron chi connectivity index (χ4n) is 3.56. The summed E-state index contributed by atoms with van der Waals surface area (Å²) < 4.78 is 0. The van der Waals surface area contributed by atoms with Crippen molar-refractivity contribution in [3.63, 3.8) is 0 Å². The molecule has 1 aliphatic rings. The molecule has 0 fully saturated rings. The topological polar surface area (TPSA) is 49.4 Å². The third-order valence-corrected chi connectivity index (χ3v) is 5.56. The molecule has 3 aromatic carbocycles. The summed E-state index contributed by atoms with van der Waals surface area (Å²) in [6.45, 7) is 5.84. The van der Waals surface area contributed by atoms with Gasteiger partial charge in [-0.3, -0.25) is 9.59 Å². The second kappa shape index (κ2) is 7.81. The number of imide groups is 1. The first-order valence-electron chi connectivity index (χ1n) is 9.65. The van der Waals surface area contributed by atoms with E-state index in [1.807, 2.05) is 69.3 Å². The van der Waals surface area contributed by atoms with E-state index in [-0.39, 0.29) is 17.5 Å². The van der Waals surface area contributed by atoms with Crippen LogP contribution in [0.2, 0.25) is 5.02 Å². The third-order valence-electron chi connectivity index (χ3n) is 5.32. The van der Waals surface area contributed by atoms with E-state index in [0.717, 1.165) is 22.4 Å². The molecule has 3 aromatic rings. The van der Waals surface area contributed by atoms with E-state index < -0.39 is 0 Å². The quantitative estimate of drug-likeness (QED) is 0.558. The van der Waals surface area contributed by atoms with Crippen molar-refractivity contribution in [1.82, 2.24) is 0 Å². The van der Waals surface area contributed by atoms with Gasteiger partial charge in [0.2, 0.25) is 0 Å². The van der Waals surface area contributed by atoms with Crippen molar-refractivity contribution in [3.8, 4) is 0 Å². The number of carbonyl (C=O) groups is 2. The van der Waals surface area contributed by atoms with E-state index >= 15 is 0 Å². The van der Waals surface area contributed by atoms with Crippen LogP contribution in [0, 0.1) is 20.8 Å². The summed E-state index contributed by atoms with van der Waals surface area (Å²) in [5.41, 5.74) is 5.54. The number of rotatable bonds is 4. The zero-order valence-electron chi connectivity index (χ0n) is 17.0. The Bertz CT molecular complexity index is 1200. The van der Waals surface area contributed by atoms with Crippen molar-refractivity contribution in [2.24, 2.45) is 0 Å². The van der Waals surface area contributed by atoms with E-state index in [2.05, 4.69) is 5.32 Å². The summed E-state index contributed by atoms with van der Waals surface area (Å²) in [5, 5.41) is 3.73. The van der Waals surface area contributed by atoms with Gasteiger partial charge < -0.3 is 5.32 Å². The molecule has 1 aliphatic heterocycles. The van der Waals surface area contributed by atoms with Crippen molar-refractivity contribution >= 4 is 40.4 Å². The molecule has 0 unspecified atom stereocenters. The molecule has 1 N–H and O–H groups in total. The molecule has 30 heavy (non-hydrogen) atoms. The molecule has 0 atom stereocenters. The lowest BCUT2D eigenvalue weighted by Crippen LogP contribution is -2.33. The Morgan fingerprint density at radius 2 is 1.50 bits per heavy atom. The number of carbonyl (C=O) groups excluding carboxylic acids is 2. The summed E-state index contributed by atoms with van der Waals surface area (Å²) in [6.07, 6.45) is 0. The number of nitrogens with one attached hydrogen (secondary N) is 1. The number of amides is 2. The van der Waals surface area contributed by atoms with E-state index in [1.54, 1.807) is 18.2 Å². The van der Waals surface area contributed by atoms with Crippen LogP contribution in [0.4, 0.5) is 11.4 Å². The zero-order chi connectivity index (χ0) is 21.4. The highest BCUT2D eigenvalue weighted by atomic mass is 35.5. The maximum atomic E-state index is 13.5. The van der Waals surface area contributed by atoms with Crippen LogP contribution >= 0.6 is 11.6 Å². The van der Waals surface area contributed by atoms with Crippen molar-refractivity contribution < 1.29 is 9.59 Å². The molecule has 0 saturated carbocycles. The predicted octanol–water partition coefficient (Wildman–Crippen LogP) is 5.66. The average molecular weight is 417 g/mol. The van der Waals surface area contributed by atoms with Crippen molar-refractivity contribution in [2.45, 2.75) is 20.8 Å². The molecule has 150 valence electrons. The van der Waals surface area contributed by atoms with E-state index in [9.17, 15) is 9.59 Å². The Morgan fingerprint density at radius 1 is 0.767 bits per heavy atom. The SMILES string of the molecule is Cc1ccc(C2=C(Nc3ccccc3)C(=O)N(c3ccc(Cl)cc3C)C2=O)cc1C. The first kappa shape index (κ1) is 19.9. The number of hydrogen-bond donors (Lipinski definition) is 1. The van der Waals surface area contributed by atoms with E-state index in [4.69, 9.17) is 11.6 Å². The van der Waals surface area contributed by atoms with Crippen LogP contribution in [0.1, 0.15) is 22.3 Å². The molecule has 4 nitrogen and oxygen atoms in total. The van der Waals surface area contributed by atoms with Crippen LogP contribution in [-0.2, 0) is 9.59 Å². The molecule has 0 spiro atoms. The molecule has 1 heterocycles. The van der Waals surface area contributed by atoms with Crippen LogP contribution in [0.15, 0.2) is 72.4 Å². The lowest BCUT2D eigenvalue weighted by molar-refractivity contribution is -0.120. The Kier molecular flexibility index (Phi) is 5.18. The van der Waals surface area contributed by atoms with Crippen LogP contribution in [0.5, 0.6) is 0 Å². The largest absolute Gasteiger partial charge is 0.350 e. The van der Waals surface area contributed by atoms with Gasteiger partial charge in [0.25, 0.3) is 11.8 Å². The molecule has 0 bridgehead atoms. The van der Waals surface area contributed by atoms with Crippen molar-refractivity contribution in [3.05, 3.63) is 99.7 Å². The summed E-state index contributed by atoms with van der Waals surface area (Å²) in [5.74, 6) is -0.741. The molecule has 2 amide bonds. The molecule has 4 rings (SSSR count). The minimum absolute atomic E-state index is 0.267.